The zero-order valence-corrected chi connectivity index (χ0v) is 18.2. The topological polar surface area (TPSA) is 91.2 Å². The van der Waals surface area contributed by atoms with Crippen LogP contribution in [0.2, 0.25) is 0 Å². The molecule has 0 spiro atoms. The van der Waals surface area contributed by atoms with Crippen molar-refractivity contribution in [1.29, 1.82) is 0 Å². The molecule has 1 unspecified atom stereocenters. The van der Waals surface area contributed by atoms with Crippen molar-refractivity contribution in [3.8, 4) is 22.5 Å². The summed E-state index contributed by atoms with van der Waals surface area (Å²) in [4.78, 5) is 21.3. The summed E-state index contributed by atoms with van der Waals surface area (Å²) < 4.78 is 28.0. The summed E-state index contributed by atoms with van der Waals surface area (Å²) in [6, 6.07) is 17.1. The Kier molecular flexibility index (Phi) is 7.29. The van der Waals surface area contributed by atoms with Crippen molar-refractivity contribution < 1.29 is 18.7 Å². The average molecular weight is 460 g/mol. The van der Waals surface area contributed by atoms with Crippen LogP contribution in [-0.4, -0.2) is 39.0 Å². The molecule has 172 valence electrons. The fourth-order valence-electron chi connectivity index (χ4n) is 3.62. The summed E-state index contributed by atoms with van der Waals surface area (Å²) in [7, 11) is 0. The van der Waals surface area contributed by atoms with E-state index in [1.54, 1.807) is 24.4 Å². The van der Waals surface area contributed by atoms with Gasteiger partial charge in [0.15, 0.2) is 0 Å². The lowest BCUT2D eigenvalue weighted by molar-refractivity contribution is 0.100. The normalized spacial score (nSPS) is 12.2. The summed E-state index contributed by atoms with van der Waals surface area (Å²) in [5.74, 6) is -1.80. The van der Waals surface area contributed by atoms with Gasteiger partial charge in [0.1, 0.15) is 11.6 Å². The molecule has 0 bridgehead atoms. The quantitative estimate of drug-likeness (QED) is 0.367. The Morgan fingerprint density at radius 2 is 1.91 bits per heavy atom. The molecule has 2 heterocycles. The number of aliphatic hydroxyl groups is 1. The van der Waals surface area contributed by atoms with Gasteiger partial charge in [-0.2, -0.15) is 5.10 Å². The highest BCUT2D eigenvalue weighted by Crippen LogP contribution is 2.29. The van der Waals surface area contributed by atoms with Gasteiger partial charge >= 0.3 is 0 Å². The SMILES string of the molecule is O=C(N=CC(CCO)Cc1ccccn1)c1cccc(F)c1-c1cc(-c2ccc(F)cc2)n[nH]1. The Morgan fingerprint density at radius 1 is 1.09 bits per heavy atom. The molecule has 8 heteroatoms. The number of hydrogen-bond donors (Lipinski definition) is 2. The number of amides is 1. The highest BCUT2D eigenvalue weighted by atomic mass is 19.1. The van der Waals surface area contributed by atoms with E-state index in [2.05, 4.69) is 20.2 Å². The molecule has 0 aliphatic carbocycles. The molecule has 0 aliphatic rings. The molecule has 0 radical (unpaired) electrons. The van der Waals surface area contributed by atoms with Crippen molar-refractivity contribution in [2.24, 2.45) is 10.9 Å². The molecule has 2 aromatic heterocycles. The largest absolute Gasteiger partial charge is 0.396 e. The van der Waals surface area contributed by atoms with E-state index in [0.29, 0.717) is 29.8 Å². The van der Waals surface area contributed by atoms with Gasteiger partial charge in [0.2, 0.25) is 0 Å². The van der Waals surface area contributed by atoms with Crippen LogP contribution in [0.1, 0.15) is 22.5 Å². The van der Waals surface area contributed by atoms with E-state index < -0.39 is 11.7 Å². The third kappa shape index (κ3) is 5.47. The summed E-state index contributed by atoms with van der Waals surface area (Å²) in [6.07, 6.45) is 4.08. The highest BCUT2D eigenvalue weighted by molar-refractivity contribution is 6.04. The lowest BCUT2D eigenvalue weighted by Crippen LogP contribution is -2.11. The first-order valence-electron chi connectivity index (χ1n) is 10.7. The minimum atomic E-state index is -0.614. The second kappa shape index (κ2) is 10.7. The first-order valence-corrected chi connectivity index (χ1v) is 10.7. The molecule has 2 N–H and O–H groups in total. The van der Waals surface area contributed by atoms with E-state index in [1.165, 1.54) is 36.5 Å². The van der Waals surface area contributed by atoms with Gasteiger partial charge in [-0.15, -0.1) is 0 Å². The number of nitrogens with zero attached hydrogens (tertiary/aromatic N) is 3. The van der Waals surface area contributed by atoms with Crippen LogP contribution in [0, 0.1) is 17.6 Å². The van der Waals surface area contributed by atoms with Crippen LogP contribution in [0.4, 0.5) is 8.78 Å². The lowest BCUT2D eigenvalue weighted by Gasteiger charge is -2.10. The molecule has 34 heavy (non-hydrogen) atoms. The maximum Gasteiger partial charge on any atom is 0.277 e. The van der Waals surface area contributed by atoms with E-state index in [4.69, 9.17) is 0 Å². The van der Waals surface area contributed by atoms with Crippen molar-refractivity contribution in [2.45, 2.75) is 12.8 Å². The van der Waals surface area contributed by atoms with Crippen molar-refractivity contribution >= 4 is 12.1 Å². The van der Waals surface area contributed by atoms with Gasteiger partial charge < -0.3 is 5.11 Å². The minimum Gasteiger partial charge on any atom is -0.396 e. The molecule has 0 saturated heterocycles. The number of carbonyl (C=O) groups excluding carboxylic acids is 1. The molecular weight excluding hydrogens is 438 g/mol. The molecule has 0 saturated carbocycles. The Morgan fingerprint density at radius 3 is 2.65 bits per heavy atom. The predicted octanol–water partition coefficient (Wildman–Crippen LogP) is 4.87. The van der Waals surface area contributed by atoms with E-state index in [-0.39, 0.29) is 29.5 Å². The van der Waals surface area contributed by atoms with E-state index >= 15 is 0 Å². The standard InChI is InChI=1S/C26H22F2N4O2/c27-19-9-7-18(8-10-19)23-15-24(32-31-23)25-21(5-3-6-22(25)28)26(34)30-16-17(11-13-33)14-20-4-1-2-12-29-20/h1-10,12,15-17,33H,11,13-14H2,(H,31,32). The molecule has 6 nitrogen and oxygen atoms in total. The van der Waals surface area contributed by atoms with Crippen LogP contribution in [0.25, 0.3) is 22.5 Å². The van der Waals surface area contributed by atoms with E-state index in [9.17, 15) is 18.7 Å². The number of aromatic amines is 1. The number of hydrogen-bond acceptors (Lipinski definition) is 4. The monoisotopic (exact) mass is 460 g/mol. The number of aliphatic imine (C=N–C) groups is 1. The minimum absolute atomic E-state index is 0.0499. The molecular formula is C26H22F2N4O2. The van der Waals surface area contributed by atoms with Crippen molar-refractivity contribution in [1.82, 2.24) is 15.2 Å². The van der Waals surface area contributed by atoms with Crippen LogP contribution in [0.15, 0.2) is 77.9 Å². The summed E-state index contributed by atoms with van der Waals surface area (Å²) in [6.45, 7) is -0.0662. The molecule has 1 amide bonds. The van der Waals surface area contributed by atoms with Gasteiger partial charge in [-0.3, -0.25) is 14.9 Å². The van der Waals surface area contributed by atoms with E-state index in [1.807, 2.05) is 18.2 Å². The second-order valence-electron chi connectivity index (χ2n) is 7.72. The summed E-state index contributed by atoms with van der Waals surface area (Å²) in [5.41, 5.74) is 2.37. The third-order valence-electron chi connectivity index (χ3n) is 5.33. The Labute approximate surface area is 195 Å². The predicted molar refractivity (Wildman–Crippen MR) is 125 cm³/mol. The smallest absolute Gasteiger partial charge is 0.277 e. The number of pyridine rings is 1. The summed E-state index contributed by atoms with van der Waals surface area (Å²) >= 11 is 0. The number of H-pyrrole nitrogens is 1. The average Bonchev–Trinajstić information content (AvgIpc) is 3.33. The number of aliphatic hydroxyl groups excluding tert-OH is 1. The van der Waals surface area contributed by atoms with Crippen LogP contribution in [0.3, 0.4) is 0 Å². The fourth-order valence-corrected chi connectivity index (χ4v) is 3.62. The molecule has 2 aromatic carbocycles. The number of halogens is 2. The van der Waals surface area contributed by atoms with Gasteiger partial charge in [-0.1, -0.05) is 12.1 Å². The zero-order chi connectivity index (χ0) is 23.9. The maximum atomic E-state index is 14.8. The van der Waals surface area contributed by atoms with Crippen molar-refractivity contribution in [3.63, 3.8) is 0 Å². The Balaban J connectivity index is 1.60. The summed E-state index contributed by atoms with van der Waals surface area (Å²) in [5, 5.41) is 16.3. The second-order valence-corrected chi connectivity index (χ2v) is 7.72. The molecule has 1 atom stereocenters. The van der Waals surface area contributed by atoms with Crippen LogP contribution in [-0.2, 0) is 6.42 Å². The van der Waals surface area contributed by atoms with Crippen molar-refractivity contribution in [3.05, 3.63) is 95.8 Å². The Bertz CT molecular complexity index is 1290. The highest BCUT2D eigenvalue weighted by Gasteiger charge is 2.19. The van der Waals surface area contributed by atoms with Gasteiger partial charge in [-0.05, 0) is 67.4 Å². The zero-order valence-electron chi connectivity index (χ0n) is 18.2. The van der Waals surface area contributed by atoms with Crippen LogP contribution < -0.4 is 0 Å². The number of benzene rings is 2. The van der Waals surface area contributed by atoms with Crippen molar-refractivity contribution in [2.75, 3.05) is 6.61 Å². The molecule has 4 rings (SSSR count). The van der Waals surface area contributed by atoms with Gasteiger partial charge in [0.25, 0.3) is 5.91 Å². The number of nitrogens with one attached hydrogen (secondary N) is 1. The number of carbonyl (C=O) groups is 1. The fraction of sp³-hybridized carbons (Fsp3) is 0.154. The third-order valence-corrected chi connectivity index (χ3v) is 5.33. The van der Waals surface area contributed by atoms with Gasteiger partial charge in [0.05, 0.1) is 17.0 Å². The van der Waals surface area contributed by atoms with Gasteiger partial charge in [0, 0.05) is 41.8 Å². The molecule has 0 aliphatic heterocycles. The first-order chi connectivity index (χ1) is 16.5. The lowest BCUT2D eigenvalue weighted by atomic mass is 10.00. The maximum absolute atomic E-state index is 14.8. The van der Waals surface area contributed by atoms with Crippen LogP contribution >= 0.6 is 0 Å². The first kappa shape index (κ1) is 23.1. The van der Waals surface area contributed by atoms with Gasteiger partial charge in [-0.25, -0.2) is 13.8 Å². The molecule has 0 fully saturated rings. The Hall–Kier alpha value is -4.04. The van der Waals surface area contributed by atoms with E-state index in [0.717, 1.165) is 5.69 Å². The molecule has 4 aromatic rings. The number of rotatable bonds is 8. The number of aromatic nitrogens is 3. The van der Waals surface area contributed by atoms with Crippen LogP contribution in [0.5, 0.6) is 0 Å².